The van der Waals surface area contributed by atoms with Gasteiger partial charge in [-0.3, -0.25) is 4.68 Å². The second-order valence-corrected chi connectivity index (χ2v) is 11.3. The van der Waals surface area contributed by atoms with E-state index in [0.29, 0.717) is 30.0 Å². The first-order chi connectivity index (χ1) is 19.2. The van der Waals surface area contributed by atoms with E-state index in [4.69, 9.17) is 18.7 Å². The van der Waals surface area contributed by atoms with Gasteiger partial charge in [-0.1, -0.05) is 5.16 Å². The number of ether oxygens (including phenoxy) is 3. The van der Waals surface area contributed by atoms with E-state index in [9.17, 15) is 0 Å². The Hall–Kier alpha value is -3.57. The van der Waals surface area contributed by atoms with E-state index in [-0.39, 0.29) is 0 Å². The first-order valence-corrected chi connectivity index (χ1v) is 14.2. The van der Waals surface area contributed by atoms with E-state index < -0.39 is 0 Å². The largest absolute Gasteiger partial charge is 0.495 e. The highest BCUT2D eigenvalue weighted by molar-refractivity contribution is 8.00. The highest BCUT2D eigenvalue weighted by atomic mass is 32.2. The molecule has 4 aromatic rings. The van der Waals surface area contributed by atoms with Gasteiger partial charge in [-0.15, -0.1) is 0 Å². The number of benzene rings is 2. The number of hydrogen-bond acceptors (Lipinski definition) is 10. The van der Waals surface area contributed by atoms with Gasteiger partial charge in [0.2, 0.25) is 0 Å². The monoisotopic (exact) mass is 548 g/mol. The highest BCUT2D eigenvalue weighted by Gasteiger charge is 2.44. The molecule has 1 spiro atoms. The smallest absolute Gasteiger partial charge is 0.191 e. The number of nitrogens with zero attached hydrogens (tertiary/aromatic N) is 4. The van der Waals surface area contributed by atoms with Gasteiger partial charge in [-0.25, -0.2) is 0 Å². The number of rotatable bonds is 8. The zero-order valence-electron chi connectivity index (χ0n) is 22.2. The van der Waals surface area contributed by atoms with E-state index in [2.05, 4.69) is 37.3 Å². The summed E-state index contributed by atoms with van der Waals surface area (Å²) >= 11 is 1.41. The standard InChI is InChI=1S/C28H32N6O4S/c1-35-21-5-4-20(33-16-28(17-33)7-10-29-11-8-28)25(36-2)26(21)39-32-27-23-22(38-31-27)14-18(15-34-12-3-9-30-34)19-6-13-37-24(19)23/h3-5,9,12,14,29H,6-8,10-11,13,15-17H2,1-2H3,(H,31,32). The van der Waals surface area contributed by atoms with Crippen LogP contribution >= 0.6 is 11.9 Å². The van der Waals surface area contributed by atoms with Crippen LogP contribution in [0.5, 0.6) is 17.2 Å². The molecule has 0 aliphatic carbocycles. The zero-order valence-corrected chi connectivity index (χ0v) is 23.0. The fourth-order valence-electron chi connectivity index (χ4n) is 6.17. The molecule has 2 saturated heterocycles. The fourth-order valence-corrected chi connectivity index (χ4v) is 7.05. The van der Waals surface area contributed by atoms with Gasteiger partial charge in [-0.05, 0) is 67.7 Å². The third-order valence-corrected chi connectivity index (χ3v) is 9.08. The summed E-state index contributed by atoms with van der Waals surface area (Å²) in [5, 5.41) is 13.1. The summed E-state index contributed by atoms with van der Waals surface area (Å²) in [6.45, 7) is 5.59. The molecule has 10 nitrogen and oxygen atoms in total. The average molecular weight is 549 g/mol. The molecular formula is C28H32N6O4S. The SMILES string of the molecule is COc1ccc(N2CC3(CCNCC3)C2)c(OC)c1SNc1noc2cc(Cn3cccn3)c3c(c12)OCC3. The van der Waals surface area contributed by atoms with Crippen LogP contribution in [-0.4, -0.2) is 61.9 Å². The molecule has 5 heterocycles. The van der Waals surface area contributed by atoms with Gasteiger partial charge in [-0.2, -0.15) is 5.10 Å². The van der Waals surface area contributed by atoms with Crippen molar-refractivity contribution in [1.29, 1.82) is 0 Å². The van der Waals surface area contributed by atoms with Crippen molar-refractivity contribution >= 4 is 34.4 Å². The van der Waals surface area contributed by atoms with Crippen molar-refractivity contribution in [3.8, 4) is 17.2 Å². The summed E-state index contributed by atoms with van der Waals surface area (Å²) in [6, 6.07) is 8.09. The molecule has 2 fully saturated rings. The maximum absolute atomic E-state index is 6.10. The molecule has 3 aliphatic heterocycles. The number of nitrogens with one attached hydrogen (secondary N) is 2. The molecule has 11 heteroatoms. The minimum atomic E-state index is 0.415. The second kappa shape index (κ2) is 9.87. The molecular weight excluding hydrogens is 516 g/mol. The molecule has 2 aromatic carbocycles. The van der Waals surface area contributed by atoms with E-state index >= 15 is 0 Å². The van der Waals surface area contributed by atoms with Crippen LogP contribution in [0.3, 0.4) is 0 Å². The quantitative estimate of drug-likeness (QED) is 0.310. The minimum absolute atomic E-state index is 0.415. The summed E-state index contributed by atoms with van der Waals surface area (Å²) in [5.41, 5.74) is 4.49. The molecule has 2 N–H and O–H groups in total. The van der Waals surface area contributed by atoms with Crippen molar-refractivity contribution in [3.63, 3.8) is 0 Å². The van der Waals surface area contributed by atoms with Crippen LogP contribution in [0.2, 0.25) is 0 Å². The van der Waals surface area contributed by atoms with Gasteiger partial charge in [0.1, 0.15) is 21.8 Å². The molecule has 0 amide bonds. The minimum Gasteiger partial charge on any atom is -0.495 e. The summed E-state index contributed by atoms with van der Waals surface area (Å²) < 4.78 is 28.9. The van der Waals surface area contributed by atoms with Crippen LogP contribution in [0, 0.1) is 5.41 Å². The lowest BCUT2D eigenvalue weighted by Gasteiger charge is -2.53. The maximum Gasteiger partial charge on any atom is 0.191 e. The summed E-state index contributed by atoms with van der Waals surface area (Å²) in [7, 11) is 3.40. The molecule has 204 valence electrons. The maximum atomic E-state index is 6.10. The van der Waals surface area contributed by atoms with Crippen LogP contribution in [0.15, 0.2) is 46.1 Å². The Morgan fingerprint density at radius 1 is 1.18 bits per heavy atom. The van der Waals surface area contributed by atoms with Gasteiger partial charge in [0, 0.05) is 42.9 Å². The van der Waals surface area contributed by atoms with Crippen molar-refractivity contribution in [2.45, 2.75) is 30.7 Å². The Labute approximate surface area is 231 Å². The van der Waals surface area contributed by atoms with Crippen molar-refractivity contribution in [3.05, 3.63) is 47.8 Å². The van der Waals surface area contributed by atoms with E-state index in [1.807, 2.05) is 23.0 Å². The predicted octanol–water partition coefficient (Wildman–Crippen LogP) is 4.33. The molecule has 0 atom stereocenters. The number of methoxy groups -OCH3 is 2. The van der Waals surface area contributed by atoms with Gasteiger partial charge in [0.05, 0.1) is 33.1 Å². The Balaban J connectivity index is 1.17. The van der Waals surface area contributed by atoms with Crippen LogP contribution in [-0.2, 0) is 13.0 Å². The number of aromatic nitrogens is 3. The summed E-state index contributed by atoms with van der Waals surface area (Å²) in [6.07, 6.45) is 7.03. The fraction of sp³-hybridized carbons (Fsp3) is 0.429. The van der Waals surface area contributed by atoms with Crippen molar-refractivity contribution in [1.82, 2.24) is 20.3 Å². The first kappa shape index (κ1) is 24.5. The van der Waals surface area contributed by atoms with Gasteiger partial charge < -0.3 is 33.7 Å². The Morgan fingerprint density at radius 2 is 2.05 bits per heavy atom. The van der Waals surface area contributed by atoms with E-state index in [1.165, 1.54) is 30.4 Å². The lowest BCUT2D eigenvalue weighted by Crippen LogP contribution is -2.60. The molecule has 39 heavy (non-hydrogen) atoms. The van der Waals surface area contributed by atoms with Gasteiger partial charge in [0.25, 0.3) is 0 Å². The zero-order chi connectivity index (χ0) is 26.4. The number of fused-ring (bicyclic) bond motifs is 3. The molecule has 2 aromatic heterocycles. The number of piperidine rings is 1. The Kier molecular flexibility index (Phi) is 6.19. The Bertz CT molecular complexity index is 1490. The van der Waals surface area contributed by atoms with Crippen LogP contribution in [0.1, 0.15) is 24.0 Å². The number of anilines is 2. The van der Waals surface area contributed by atoms with Crippen molar-refractivity contribution < 1.29 is 18.7 Å². The molecule has 0 radical (unpaired) electrons. The Morgan fingerprint density at radius 3 is 2.82 bits per heavy atom. The first-order valence-electron chi connectivity index (χ1n) is 13.4. The van der Waals surface area contributed by atoms with Crippen molar-refractivity contribution in [2.24, 2.45) is 5.41 Å². The van der Waals surface area contributed by atoms with Crippen LogP contribution < -0.4 is 29.1 Å². The van der Waals surface area contributed by atoms with Crippen molar-refractivity contribution in [2.75, 3.05) is 56.6 Å². The molecule has 0 unspecified atom stereocenters. The number of hydrogen-bond donors (Lipinski definition) is 2. The predicted molar refractivity (Wildman–Crippen MR) is 150 cm³/mol. The third kappa shape index (κ3) is 4.24. The lowest BCUT2D eigenvalue weighted by atomic mass is 9.72. The molecule has 7 rings (SSSR count). The van der Waals surface area contributed by atoms with Gasteiger partial charge >= 0.3 is 0 Å². The molecule has 0 bridgehead atoms. The average Bonchev–Trinajstić information content (AvgIpc) is 3.71. The van der Waals surface area contributed by atoms with E-state index in [0.717, 1.165) is 71.4 Å². The lowest BCUT2D eigenvalue weighted by molar-refractivity contribution is 0.149. The normalized spacial score (nSPS) is 17.6. The summed E-state index contributed by atoms with van der Waals surface area (Å²) in [4.78, 5) is 3.29. The molecule has 3 aliphatic rings. The van der Waals surface area contributed by atoms with Crippen LogP contribution in [0.25, 0.3) is 11.0 Å². The highest BCUT2D eigenvalue weighted by Crippen LogP contribution is 2.50. The topological polar surface area (TPSA) is 98.8 Å². The van der Waals surface area contributed by atoms with Crippen LogP contribution in [0.4, 0.5) is 11.5 Å². The second-order valence-electron chi connectivity index (χ2n) is 10.5. The third-order valence-electron chi connectivity index (χ3n) is 8.19. The van der Waals surface area contributed by atoms with Gasteiger partial charge in [0.15, 0.2) is 17.2 Å². The molecule has 0 saturated carbocycles. The summed E-state index contributed by atoms with van der Waals surface area (Å²) in [5.74, 6) is 2.98. The van der Waals surface area contributed by atoms with E-state index in [1.54, 1.807) is 20.4 Å².